The van der Waals surface area contributed by atoms with E-state index in [9.17, 15) is 0 Å². The first-order valence-electron chi connectivity index (χ1n) is 6.99. The van der Waals surface area contributed by atoms with Crippen LogP contribution in [-0.4, -0.2) is 0 Å². The molecule has 2 heteroatoms. The summed E-state index contributed by atoms with van der Waals surface area (Å²) >= 11 is 0. The zero-order chi connectivity index (χ0) is 13.7. The molecule has 102 valence electrons. The largest absolute Gasteiger partial charge is 0.468 e. The van der Waals surface area contributed by atoms with Gasteiger partial charge in [0, 0.05) is 6.04 Å². The van der Waals surface area contributed by atoms with Crippen molar-refractivity contribution in [3.05, 3.63) is 59.5 Å². The molecule has 0 amide bonds. The van der Waals surface area contributed by atoms with Crippen molar-refractivity contribution in [2.75, 3.05) is 0 Å². The van der Waals surface area contributed by atoms with Gasteiger partial charge in [0.1, 0.15) is 5.76 Å². The first-order valence-corrected chi connectivity index (χ1v) is 6.99. The van der Waals surface area contributed by atoms with Crippen LogP contribution in [0.4, 0.5) is 0 Å². The summed E-state index contributed by atoms with van der Waals surface area (Å²) in [6, 6.07) is 13.2. The molecule has 1 unspecified atom stereocenters. The van der Waals surface area contributed by atoms with E-state index in [2.05, 4.69) is 50.4 Å². The highest BCUT2D eigenvalue weighted by atomic mass is 16.3. The second-order valence-corrected chi connectivity index (χ2v) is 5.52. The Balaban J connectivity index is 1.90. The summed E-state index contributed by atoms with van der Waals surface area (Å²) in [4.78, 5) is 0. The molecule has 1 aromatic heterocycles. The Kier molecular flexibility index (Phi) is 4.80. The van der Waals surface area contributed by atoms with Gasteiger partial charge in [0.2, 0.25) is 0 Å². The summed E-state index contributed by atoms with van der Waals surface area (Å²) < 4.78 is 5.32. The SMILES string of the molecule is CC(C)Cc1ccc(C(C)NCc2ccco2)cc1. The van der Waals surface area contributed by atoms with Crippen LogP contribution < -0.4 is 5.32 Å². The quantitative estimate of drug-likeness (QED) is 0.833. The third kappa shape index (κ3) is 4.25. The Hall–Kier alpha value is -1.54. The molecule has 0 fully saturated rings. The first-order chi connectivity index (χ1) is 9.15. The molecular formula is C17H23NO. The lowest BCUT2D eigenvalue weighted by molar-refractivity contribution is 0.460. The maximum atomic E-state index is 5.32. The van der Waals surface area contributed by atoms with Crippen LogP contribution in [0.5, 0.6) is 0 Å². The van der Waals surface area contributed by atoms with Crippen molar-refractivity contribution in [3.63, 3.8) is 0 Å². The minimum Gasteiger partial charge on any atom is -0.468 e. The van der Waals surface area contributed by atoms with Gasteiger partial charge in [-0.2, -0.15) is 0 Å². The van der Waals surface area contributed by atoms with E-state index in [-0.39, 0.29) is 0 Å². The number of furan rings is 1. The van der Waals surface area contributed by atoms with Crippen molar-refractivity contribution in [3.8, 4) is 0 Å². The molecule has 1 N–H and O–H groups in total. The minimum atomic E-state index is 0.332. The highest BCUT2D eigenvalue weighted by Crippen LogP contribution is 2.16. The fourth-order valence-corrected chi connectivity index (χ4v) is 2.20. The third-order valence-corrected chi connectivity index (χ3v) is 3.29. The Bertz CT molecular complexity index is 470. The molecule has 2 nitrogen and oxygen atoms in total. The van der Waals surface area contributed by atoms with Gasteiger partial charge in [-0.3, -0.25) is 0 Å². The summed E-state index contributed by atoms with van der Waals surface area (Å²) in [5.41, 5.74) is 2.73. The molecule has 0 bridgehead atoms. The van der Waals surface area contributed by atoms with Crippen molar-refractivity contribution in [1.29, 1.82) is 0 Å². The molecule has 0 spiro atoms. The number of hydrogen-bond acceptors (Lipinski definition) is 2. The van der Waals surface area contributed by atoms with Gasteiger partial charge in [-0.05, 0) is 42.5 Å². The Morgan fingerprint density at radius 1 is 1.05 bits per heavy atom. The molecule has 1 atom stereocenters. The zero-order valence-corrected chi connectivity index (χ0v) is 12.0. The van der Waals surface area contributed by atoms with E-state index in [1.165, 1.54) is 11.1 Å². The van der Waals surface area contributed by atoms with Crippen molar-refractivity contribution in [1.82, 2.24) is 5.32 Å². The highest BCUT2D eigenvalue weighted by molar-refractivity contribution is 5.25. The lowest BCUT2D eigenvalue weighted by atomic mass is 10.00. The molecule has 0 radical (unpaired) electrons. The van der Waals surface area contributed by atoms with Gasteiger partial charge >= 0.3 is 0 Å². The molecule has 1 aromatic carbocycles. The van der Waals surface area contributed by atoms with Crippen molar-refractivity contribution in [2.45, 2.75) is 39.8 Å². The van der Waals surface area contributed by atoms with Crippen LogP contribution in [0.15, 0.2) is 47.1 Å². The predicted octanol–water partition coefficient (Wildman–Crippen LogP) is 4.33. The topological polar surface area (TPSA) is 25.2 Å². The molecule has 1 heterocycles. The zero-order valence-electron chi connectivity index (χ0n) is 12.0. The van der Waals surface area contributed by atoms with Crippen LogP contribution in [-0.2, 0) is 13.0 Å². The summed E-state index contributed by atoms with van der Waals surface area (Å²) in [7, 11) is 0. The first kappa shape index (κ1) is 13.9. The Morgan fingerprint density at radius 3 is 2.37 bits per heavy atom. The van der Waals surface area contributed by atoms with Crippen LogP contribution >= 0.6 is 0 Å². The maximum absolute atomic E-state index is 5.32. The van der Waals surface area contributed by atoms with Gasteiger partial charge in [0.05, 0.1) is 12.8 Å². The summed E-state index contributed by atoms with van der Waals surface area (Å²) in [5, 5.41) is 3.47. The predicted molar refractivity (Wildman–Crippen MR) is 78.9 cm³/mol. The normalized spacial score (nSPS) is 12.8. The fraction of sp³-hybridized carbons (Fsp3) is 0.412. The van der Waals surface area contributed by atoms with E-state index in [0.29, 0.717) is 12.0 Å². The van der Waals surface area contributed by atoms with E-state index in [0.717, 1.165) is 18.7 Å². The summed E-state index contributed by atoms with van der Waals surface area (Å²) in [6.45, 7) is 7.45. The summed E-state index contributed by atoms with van der Waals surface area (Å²) in [5.74, 6) is 1.68. The molecule has 0 aliphatic heterocycles. The number of nitrogens with one attached hydrogen (secondary N) is 1. The lowest BCUT2D eigenvalue weighted by Gasteiger charge is -2.14. The molecule has 0 aliphatic carbocycles. The van der Waals surface area contributed by atoms with Gasteiger partial charge in [-0.15, -0.1) is 0 Å². The van der Waals surface area contributed by atoms with E-state index >= 15 is 0 Å². The van der Waals surface area contributed by atoms with Crippen LogP contribution in [0.1, 0.15) is 43.7 Å². The molecule has 19 heavy (non-hydrogen) atoms. The summed E-state index contributed by atoms with van der Waals surface area (Å²) in [6.07, 6.45) is 2.86. The van der Waals surface area contributed by atoms with E-state index in [4.69, 9.17) is 4.42 Å². The molecule has 0 saturated heterocycles. The highest BCUT2D eigenvalue weighted by Gasteiger charge is 2.06. The van der Waals surface area contributed by atoms with E-state index in [1.807, 2.05) is 12.1 Å². The number of rotatable bonds is 6. The second-order valence-electron chi connectivity index (χ2n) is 5.52. The fourth-order valence-electron chi connectivity index (χ4n) is 2.20. The van der Waals surface area contributed by atoms with Gasteiger partial charge in [0.15, 0.2) is 0 Å². The van der Waals surface area contributed by atoms with Gasteiger partial charge in [0.25, 0.3) is 0 Å². The van der Waals surface area contributed by atoms with Crippen LogP contribution in [0.2, 0.25) is 0 Å². The monoisotopic (exact) mass is 257 g/mol. The van der Waals surface area contributed by atoms with Gasteiger partial charge < -0.3 is 9.73 Å². The van der Waals surface area contributed by atoms with Crippen molar-refractivity contribution >= 4 is 0 Å². The van der Waals surface area contributed by atoms with Crippen molar-refractivity contribution < 1.29 is 4.42 Å². The van der Waals surface area contributed by atoms with Crippen molar-refractivity contribution in [2.24, 2.45) is 5.92 Å². The standard InChI is InChI=1S/C17H23NO/c1-13(2)11-15-6-8-16(9-7-15)14(3)18-12-17-5-4-10-19-17/h4-10,13-14,18H,11-12H2,1-3H3. The van der Waals surface area contributed by atoms with Crippen LogP contribution in [0, 0.1) is 5.92 Å². The average Bonchev–Trinajstić information content (AvgIpc) is 2.89. The maximum Gasteiger partial charge on any atom is 0.117 e. The molecular weight excluding hydrogens is 234 g/mol. The number of benzene rings is 1. The average molecular weight is 257 g/mol. The smallest absolute Gasteiger partial charge is 0.117 e. The van der Waals surface area contributed by atoms with Crippen LogP contribution in [0.25, 0.3) is 0 Å². The Labute approximate surface area is 115 Å². The third-order valence-electron chi connectivity index (χ3n) is 3.29. The van der Waals surface area contributed by atoms with Gasteiger partial charge in [-0.1, -0.05) is 38.1 Å². The van der Waals surface area contributed by atoms with Gasteiger partial charge in [-0.25, -0.2) is 0 Å². The molecule has 2 aromatic rings. The minimum absolute atomic E-state index is 0.332. The molecule has 0 aliphatic rings. The van der Waals surface area contributed by atoms with Crippen LogP contribution in [0.3, 0.4) is 0 Å². The molecule has 0 saturated carbocycles. The Morgan fingerprint density at radius 2 is 1.79 bits per heavy atom. The van der Waals surface area contributed by atoms with E-state index < -0.39 is 0 Å². The lowest BCUT2D eigenvalue weighted by Crippen LogP contribution is -2.17. The second kappa shape index (κ2) is 6.58. The molecule has 2 rings (SSSR count). The van der Waals surface area contributed by atoms with E-state index in [1.54, 1.807) is 6.26 Å². The number of hydrogen-bond donors (Lipinski definition) is 1.